The molecule has 0 aliphatic carbocycles. The van der Waals surface area contributed by atoms with Crippen LogP contribution in [0.25, 0.3) is 11.3 Å². The van der Waals surface area contributed by atoms with E-state index in [0.29, 0.717) is 23.7 Å². The lowest BCUT2D eigenvalue weighted by molar-refractivity contribution is -0.118. The molecule has 3 N–H and O–H groups in total. The van der Waals surface area contributed by atoms with Crippen LogP contribution in [-0.4, -0.2) is 33.6 Å². The van der Waals surface area contributed by atoms with Gasteiger partial charge in [-0.05, 0) is 18.1 Å². The standard InChI is InChI=1S/C21H21FN4O2S/c1-14(27)24-10-9-15-7-8-17(11-18(15)22)20(28)13-29-21-25-19(12-26(21)23)16-5-3-2-4-6-16/h2-8,11-12H,9-10,13,23H2,1H3,(H,24,27). The number of carbonyl (C=O) groups is 2. The number of hydrogen-bond donors (Lipinski definition) is 2. The van der Waals surface area contributed by atoms with Crippen LogP contribution in [-0.2, 0) is 11.2 Å². The summed E-state index contributed by atoms with van der Waals surface area (Å²) < 4.78 is 15.6. The lowest BCUT2D eigenvalue weighted by Gasteiger charge is -2.06. The minimum atomic E-state index is -0.460. The fourth-order valence-corrected chi connectivity index (χ4v) is 3.53. The van der Waals surface area contributed by atoms with Crippen molar-refractivity contribution in [2.45, 2.75) is 18.5 Å². The molecule has 0 unspecified atom stereocenters. The summed E-state index contributed by atoms with van der Waals surface area (Å²) in [6, 6.07) is 14.0. The number of thioether (sulfide) groups is 1. The third-order valence-electron chi connectivity index (χ3n) is 4.24. The molecule has 0 aliphatic rings. The summed E-state index contributed by atoms with van der Waals surface area (Å²) in [6.45, 7) is 1.75. The molecule has 3 rings (SSSR count). The summed E-state index contributed by atoms with van der Waals surface area (Å²) in [5.74, 6) is 5.20. The monoisotopic (exact) mass is 412 g/mol. The molecule has 0 bridgehead atoms. The number of aromatic nitrogens is 2. The van der Waals surface area contributed by atoms with E-state index in [1.807, 2.05) is 30.3 Å². The predicted octanol–water partition coefficient (Wildman–Crippen LogP) is 3.06. The van der Waals surface area contributed by atoms with Crippen LogP contribution < -0.4 is 11.2 Å². The first-order valence-electron chi connectivity index (χ1n) is 9.03. The van der Waals surface area contributed by atoms with Gasteiger partial charge < -0.3 is 11.2 Å². The zero-order valence-corrected chi connectivity index (χ0v) is 16.7. The van der Waals surface area contributed by atoms with Crippen molar-refractivity contribution in [3.8, 4) is 11.3 Å². The zero-order chi connectivity index (χ0) is 20.8. The highest BCUT2D eigenvalue weighted by atomic mass is 32.2. The average molecular weight is 412 g/mol. The predicted molar refractivity (Wildman–Crippen MR) is 112 cm³/mol. The van der Waals surface area contributed by atoms with Gasteiger partial charge in [-0.15, -0.1) is 0 Å². The molecule has 1 aromatic heterocycles. The minimum Gasteiger partial charge on any atom is -0.356 e. The van der Waals surface area contributed by atoms with Crippen molar-refractivity contribution in [3.63, 3.8) is 0 Å². The quantitative estimate of drug-likeness (QED) is 0.337. The van der Waals surface area contributed by atoms with E-state index in [9.17, 15) is 14.0 Å². The zero-order valence-electron chi connectivity index (χ0n) is 15.9. The Morgan fingerprint density at radius 2 is 1.97 bits per heavy atom. The molecular formula is C21H21FN4O2S. The van der Waals surface area contributed by atoms with Gasteiger partial charge in [0.15, 0.2) is 10.9 Å². The number of nitrogens with one attached hydrogen (secondary N) is 1. The van der Waals surface area contributed by atoms with E-state index in [1.54, 1.807) is 18.3 Å². The van der Waals surface area contributed by atoms with Gasteiger partial charge in [-0.1, -0.05) is 54.2 Å². The number of carbonyl (C=O) groups excluding carboxylic acids is 2. The second-order valence-corrected chi connectivity index (χ2v) is 7.38. The Bertz CT molecular complexity index is 1020. The van der Waals surface area contributed by atoms with Crippen molar-refractivity contribution in [2.75, 3.05) is 18.1 Å². The number of halogens is 1. The van der Waals surface area contributed by atoms with Crippen molar-refractivity contribution in [2.24, 2.45) is 0 Å². The molecule has 29 heavy (non-hydrogen) atoms. The van der Waals surface area contributed by atoms with E-state index < -0.39 is 5.82 Å². The van der Waals surface area contributed by atoms with Crippen LogP contribution in [0.5, 0.6) is 0 Å². The Balaban J connectivity index is 1.62. The van der Waals surface area contributed by atoms with Crippen LogP contribution in [0.3, 0.4) is 0 Å². The number of rotatable bonds is 8. The fraction of sp³-hybridized carbons (Fsp3) is 0.190. The van der Waals surface area contributed by atoms with Gasteiger partial charge in [-0.25, -0.2) is 14.1 Å². The molecule has 150 valence electrons. The molecule has 1 heterocycles. The van der Waals surface area contributed by atoms with Crippen molar-refractivity contribution >= 4 is 23.5 Å². The lowest BCUT2D eigenvalue weighted by Crippen LogP contribution is -2.22. The molecule has 8 heteroatoms. The Kier molecular flexibility index (Phi) is 6.66. The molecule has 3 aromatic rings. The van der Waals surface area contributed by atoms with Gasteiger partial charge in [0.2, 0.25) is 5.91 Å². The highest BCUT2D eigenvalue weighted by Gasteiger charge is 2.14. The van der Waals surface area contributed by atoms with Crippen molar-refractivity contribution < 1.29 is 14.0 Å². The maximum absolute atomic E-state index is 14.2. The van der Waals surface area contributed by atoms with Crippen LogP contribution in [0.15, 0.2) is 59.9 Å². The second-order valence-electron chi connectivity index (χ2n) is 6.43. The summed E-state index contributed by atoms with van der Waals surface area (Å²) in [7, 11) is 0. The Hall–Kier alpha value is -3.13. The molecule has 0 spiro atoms. The maximum atomic E-state index is 14.2. The van der Waals surface area contributed by atoms with E-state index >= 15 is 0 Å². The Morgan fingerprint density at radius 1 is 1.21 bits per heavy atom. The molecule has 6 nitrogen and oxygen atoms in total. The number of hydrogen-bond acceptors (Lipinski definition) is 5. The van der Waals surface area contributed by atoms with E-state index in [4.69, 9.17) is 5.84 Å². The third-order valence-corrected chi connectivity index (χ3v) is 5.21. The number of nitrogen functional groups attached to an aromatic ring is 1. The maximum Gasteiger partial charge on any atom is 0.216 e. The van der Waals surface area contributed by atoms with E-state index in [2.05, 4.69) is 10.3 Å². The Labute approximate surface area is 172 Å². The van der Waals surface area contributed by atoms with Crippen LogP contribution >= 0.6 is 11.8 Å². The van der Waals surface area contributed by atoms with Crippen molar-refractivity contribution in [1.29, 1.82) is 0 Å². The molecule has 0 aliphatic heterocycles. The normalized spacial score (nSPS) is 10.7. The summed E-state index contributed by atoms with van der Waals surface area (Å²) in [5, 5.41) is 3.12. The molecule has 0 saturated carbocycles. The van der Waals surface area contributed by atoms with Crippen LogP contribution in [0, 0.1) is 5.82 Å². The van der Waals surface area contributed by atoms with E-state index in [0.717, 1.165) is 11.3 Å². The summed E-state index contributed by atoms with van der Waals surface area (Å²) in [6.07, 6.45) is 2.06. The molecule has 0 atom stereocenters. The topological polar surface area (TPSA) is 90.0 Å². The smallest absolute Gasteiger partial charge is 0.216 e. The van der Waals surface area contributed by atoms with Gasteiger partial charge >= 0.3 is 0 Å². The summed E-state index contributed by atoms with van der Waals surface area (Å²) in [5.41, 5.74) is 2.39. The highest BCUT2D eigenvalue weighted by molar-refractivity contribution is 7.99. The molecule has 0 saturated heterocycles. The first-order chi connectivity index (χ1) is 13.9. The van der Waals surface area contributed by atoms with Crippen LogP contribution in [0.2, 0.25) is 0 Å². The summed E-state index contributed by atoms with van der Waals surface area (Å²) in [4.78, 5) is 27.8. The van der Waals surface area contributed by atoms with Gasteiger partial charge in [0.05, 0.1) is 17.6 Å². The van der Waals surface area contributed by atoms with Gasteiger partial charge in [-0.3, -0.25) is 9.59 Å². The number of nitrogens with zero attached hydrogens (tertiary/aromatic N) is 2. The first kappa shape index (κ1) is 20.6. The number of amides is 1. The van der Waals surface area contributed by atoms with Crippen molar-refractivity contribution in [3.05, 3.63) is 71.7 Å². The number of benzene rings is 2. The molecule has 0 fully saturated rings. The van der Waals surface area contributed by atoms with Gasteiger partial charge in [0.1, 0.15) is 5.82 Å². The summed E-state index contributed by atoms with van der Waals surface area (Å²) >= 11 is 1.20. The second kappa shape index (κ2) is 9.38. The highest BCUT2D eigenvalue weighted by Crippen LogP contribution is 2.23. The Morgan fingerprint density at radius 3 is 2.66 bits per heavy atom. The largest absolute Gasteiger partial charge is 0.356 e. The molecular weight excluding hydrogens is 391 g/mol. The average Bonchev–Trinajstić information content (AvgIpc) is 3.08. The van der Waals surface area contributed by atoms with E-state index in [1.165, 1.54) is 29.4 Å². The van der Waals surface area contributed by atoms with Crippen molar-refractivity contribution in [1.82, 2.24) is 15.0 Å². The molecule has 2 aromatic carbocycles. The molecule has 0 radical (unpaired) electrons. The van der Waals surface area contributed by atoms with Crippen LogP contribution in [0.1, 0.15) is 22.8 Å². The lowest BCUT2D eigenvalue weighted by atomic mass is 10.1. The van der Waals surface area contributed by atoms with Crippen LogP contribution in [0.4, 0.5) is 4.39 Å². The first-order valence-corrected chi connectivity index (χ1v) is 10.0. The number of nitrogens with two attached hydrogens (primary N) is 1. The number of imidazole rings is 1. The number of ketones is 1. The SMILES string of the molecule is CC(=O)NCCc1ccc(C(=O)CSc2nc(-c3ccccc3)cn2N)cc1F. The van der Waals surface area contributed by atoms with Gasteiger partial charge in [0, 0.05) is 24.6 Å². The van der Waals surface area contributed by atoms with E-state index in [-0.39, 0.29) is 23.0 Å². The van der Waals surface area contributed by atoms with Gasteiger partial charge in [-0.2, -0.15) is 0 Å². The minimum absolute atomic E-state index is 0.0904. The fourth-order valence-electron chi connectivity index (χ4n) is 2.74. The van der Waals surface area contributed by atoms with Gasteiger partial charge in [0.25, 0.3) is 0 Å². The third kappa shape index (κ3) is 5.45. The number of Topliss-reactive ketones (excluding diaryl/α,β-unsaturated/α-hetero) is 1. The molecule has 1 amide bonds.